The van der Waals surface area contributed by atoms with Crippen molar-refractivity contribution in [2.75, 3.05) is 0 Å². The van der Waals surface area contributed by atoms with Crippen LogP contribution in [0.2, 0.25) is 0 Å². The molecule has 0 spiro atoms. The highest BCUT2D eigenvalue weighted by Crippen LogP contribution is 2.16. The first-order valence-corrected chi connectivity index (χ1v) is 15.3. The third-order valence-corrected chi connectivity index (χ3v) is 5.93. The first kappa shape index (κ1) is 44.4. The number of aromatic nitrogens is 6. The molecule has 256 valence electrons. The monoisotopic (exact) mass is 646 g/mol. The molecule has 0 unspecified atom stereocenters. The number of carbonyl (C=O) groups excluding carboxylic acids is 2. The van der Waals surface area contributed by atoms with E-state index in [9.17, 15) is 4.79 Å². The molecule has 0 aliphatic heterocycles. The van der Waals surface area contributed by atoms with Gasteiger partial charge in [0.25, 0.3) is 0 Å². The number of carbonyl (C=O) groups is 1. The Labute approximate surface area is 281 Å². The second kappa shape index (κ2) is 23.6. The molecule has 0 aliphatic carbocycles. The molecular formula is C37H54N6O4. The Bertz CT molecular complexity index is 1400. The molecule has 0 atom stereocenters. The van der Waals surface area contributed by atoms with Crippen LogP contribution in [-0.2, 0) is 9.59 Å². The summed E-state index contributed by atoms with van der Waals surface area (Å²) >= 11 is 0. The first-order chi connectivity index (χ1) is 21.5. The van der Waals surface area contributed by atoms with Gasteiger partial charge in [-0.15, -0.1) is 0 Å². The average molecular weight is 647 g/mol. The summed E-state index contributed by atoms with van der Waals surface area (Å²) < 4.78 is 0. The lowest BCUT2D eigenvalue weighted by Gasteiger charge is -2.06. The summed E-state index contributed by atoms with van der Waals surface area (Å²) in [6, 6.07) is 13.2. The van der Waals surface area contributed by atoms with E-state index in [0.717, 1.165) is 40.1 Å². The number of aromatic carboxylic acids is 1. The smallest absolute Gasteiger partial charge is 0.373 e. The van der Waals surface area contributed by atoms with E-state index in [4.69, 9.17) is 14.7 Å². The van der Waals surface area contributed by atoms with Gasteiger partial charge in [0.2, 0.25) is 0 Å². The van der Waals surface area contributed by atoms with Crippen LogP contribution >= 0.6 is 0 Å². The van der Waals surface area contributed by atoms with E-state index < -0.39 is 5.97 Å². The fourth-order valence-electron chi connectivity index (χ4n) is 3.80. The highest BCUT2D eigenvalue weighted by atomic mass is 16.4. The normalized spacial score (nSPS) is 9.70. The maximum absolute atomic E-state index is 10.7. The van der Waals surface area contributed by atoms with Crippen molar-refractivity contribution < 1.29 is 19.5 Å². The molecule has 0 saturated heterocycles. The fourth-order valence-corrected chi connectivity index (χ4v) is 3.80. The molecule has 0 aliphatic rings. The number of pyridine rings is 2. The SMILES string of the molecule is C.CC(C)c1ccccn1.CC(C)c1ncccc1C(=O)O.Cc1cc(C)nc(C(C)C)n1.Cc1cc(C)nc(C(C)C)n1.O=C=O. The molecule has 4 heterocycles. The van der Waals surface area contributed by atoms with Crippen LogP contribution in [0.25, 0.3) is 0 Å². The predicted molar refractivity (Wildman–Crippen MR) is 187 cm³/mol. The molecule has 0 amide bonds. The van der Waals surface area contributed by atoms with Gasteiger partial charge in [0.15, 0.2) is 0 Å². The molecule has 4 aromatic rings. The molecule has 47 heavy (non-hydrogen) atoms. The van der Waals surface area contributed by atoms with Crippen LogP contribution < -0.4 is 0 Å². The van der Waals surface area contributed by atoms with Gasteiger partial charge in [-0.3, -0.25) is 9.97 Å². The Morgan fingerprint density at radius 1 is 0.617 bits per heavy atom. The lowest BCUT2D eigenvalue weighted by Crippen LogP contribution is -2.05. The maximum Gasteiger partial charge on any atom is 0.373 e. The number of hydrogen-bond acceptors (Lipinski definition) is 9. The highest BCUT2D eigenvalue weighted by molar-refractivity contribution is 5.88. The second-order valence-electron chi connectivity index (χ2n) is 11.7. The van der Waals surface area contributed by atoms with E-state index in [2.05, 4.69) is 71.4 Å². The van der Waals surface area contributed by atoms with Crippen LogP contribution in [-0.4, -0.2) is 47.1 Å². The Hall–Kier alpha value is -4.69. The lowest BCUT2D eigenvalue weighted by molar-refractivity contribution is -0.191. The van der Waals surface area contributed by atoms with Gasteiger partial charge in [0, 0.05) is 52.7 Å². The minimum absolute atomic E-state index is 0. The molecule has 0 saturated carbocycles. The maximum atomic E-state index is 10.7. The largest absolute Gasteiger partial charge is 0.478 e. The van der Waals surface area contributed by atoms with Crippen LogP contribution in [0, 0.1) is 27.7 Å². The first-order valence-electron chi connectivity index (χ1n) is 15.3. The average Bonchev–Trinajstić information content (AvgIpc) is 2.98. The zero-order valence-corrected chi connectivity index (χ0v) is 29.4. The Balaban J connectivity index is 0. The summed E-state index contributed by atoms with van der Waals surface area (Å²) in [5.41, 5.74) is 6.33. The number of carboxylic acid groups (broad SMARTS) is 1. The van der Waals surface area contributed by atoms with Crippen molar-refractivity contribution >= 4 is 12.1 Å². The zero-order valence-electron chi connectivity index (χ0n) is 29.4. The van der Waals surface area contributed by atoms with E-state index in [1.807, 2.05) is 78.1 Å². The summed E-state index contributed by atoms with van der Waals surface area (Å²) in [4.78, 5) is 52.4. The Morgan fingerprint density at radius 2 is 1.02 bits per heavy atom. The van der Waals surface area contributed by atoms with Crippen LogP contribution in [0.4, 0.5) is 0 Å². The summed E-state index contributed by atoms with van der Waals surface area (Å²) in [6.45, 7) is 24.6. The quantitative estimate of drug-likeness (QED) is 0.223. The van der Waals surface area contributed by atoms with Gasteiger partial charge in [-0.2, -0.15) is 9.59 Å². The van der Waals surface area contributed by atoms with E-state index in [1.54, 1.807) is 18.3 Å². The molecule has 0 radical (unpaired) electrons. The van der Waals surface area contributed by atoms with Gasteiger partial charge in [0.1, 0.15) is 11.6 Å². The molecule has 4 rings (SSSR count). The predicted octanol–water partition coefficient (Wildman–Crippen LogP) is 8.59. The second-order valence-corrected chi connectivity index (χ2v) is 11.7. The summed E-state index contributed by atoms with van der Waals surface area (Å²) in [6.07, 6.45) is 3.69. The Kier molecular flexibility index (Phi) is 22.3. The van der Waals surface area contributed by atoms with Crippen molar-refractivity contribution in [3.8, 4) is 0 Å². The van der Waals surface area contributed by atoms with Gasteiger partial charge in [0.05, 0.1) is 11.3 Å². The van der Waals surface area contributed by atoms with E-state index in [-0.39, 0.29) is 19.5 Å². The number of carboxylic acids is 1. The van der Waals surface area contributed by atoms with Crippen molar-refractivity contribution in [2.24, 2.45) is 0 Å². The zero-order chi connectivity index (χ0) is 35.4. The number of aryl methyl sites for hydroxylation is 4. The van der Waals surface area contributed by atoms with E-state index >= 15 is 0 Å². The molecule has 10 heteroatoms. The van der Waals surface area contributed by atoms with Crippen molar-refractivity contribution in [2.45, 2.75) is 114 Å². The van der Waals surface area contributed by atoms with Crippen molar-refractivity contribution in [3.05, 3.63) is 106 Å². The third kappa shape index (κ3) is 18.8. The summed E-state index contributed by atoms with van der Waals surface area (Å²) in [5.74, 6) is 2.53. The fraction of sp³-hybridized carbons (Fsp3) is 0.459. The van der Waals surface area contributed by atoms with Gasteiger partial charge in [-0.05, 0) is 75.9 Å². The van der Waals surface area contributed by atoms with Gasteiger partial charge < -0.3 is 5.11 Å². The Morgan fingerprint density at radius 3 is 1.28 bits per heavy atom. The van der Waals surface area contributed by atoms with E-state index in [1.165, 1.54) is 0 Å². The number of hydrogen-bond donors (Lipinski definition) is 1. The lowest BCUT2D eigenvalue weighted by atomic mass is 10.0. The van der Waals surface area contributed by atoms with Crippen molar-refractivity contribution in [1.29, 1.82) is 0 Å². The highest BCUT2D eigenvalue weighted by Gasteiger charge is 2.12. The molecule has 0 bridgehead atoms. The minimum Gasteiger partial charge on any atom is -0.478 e. The third-order valence-electron chi connectivity index (χ3n) is 5.93. The van der Waals surface area contributed by atoms with Crippen LogP contribution in [0.5, 0.6) is 0 Å². The molecule has 1 N–H and O–H groups in total. The summed E-state index contributed by atoms with van der Waals surface area (Å²) in [7, 11) is 0. The minimum atomic E-state index is -0.910. The van der Waals surface area contributed by atoms with Gasteiger partial charge in [-0.1, -0.05) is 68.9 Å². The summed E-state index contributed by atoms with van der Waals surface area (Å²) in [5, 5.41) is 8.77. The van der Waals surface area contributed by atoms with Crippen LogP contribution in [0.3, 0.4) is 0 Å². The number of rotatable bonds is 5. The van der Waals surface area contributed by atoms with Crippen LogP contribution in [0.1, 0.15) is 143 Å². The molecule has 4 aromatic heterocycles. The molecule has 0 aromatic carbocycles. The van der Waals surface area contributed by atoms with E-state index in [0.29, 0.717) is 29.0 Å². The van der Waals surface area contributed by atoms with Crippen LogP contribution in [0.15, 0.2) is 54.9 Å². The standard InChI is InChI=1S/2C9H14N2.C9H11NO2.C8H11N.CO2.CH4/c2*1-6(2)9-10-7(3)5-8(4)11-9;1-6(2)8-7(9(11)12)4-3-5-10-8;1-7(2)8-5-3-4-6-9-8;2-1-3;/h2*5-6H,1-4H3;3-6H,1-2H3,(H,11,12);3-7H,1-2H3;;1H4. The number of nitrogens with zero attached hydrogens (tertiary/aromatic N) is 6. The van der Waals surface area contributed by atoms with Crippen molar-refractivity contribution in [3.63, 3.8) is 0 Å². The van der Waals surface area contributed by atoms with Gasteiger partial charge in [-0.25, -0.2) is 24.7 Å². The van der Waals surface area contributed by atoms with Crippen molar-refractivity contribution in [1.82, 2.24) is 29.9 Å². The topological polar surface area (TPSA) is 149 Å². The molecule has 0 fully saturated rings. The molecule has 10 nitrogen and oxygen atoms in total. The van der Waals surface area contributed by atoms with Gasteiger partial charge >= 0.3 is 12.1 Å². The molecular weight excluding hydrogens is 592 g/mol.